The Hall–Kier alpha value is -1.16. The summed E-state index contributed by atoms with van der Waals surface area (Å²) in [6.07, 6.45) is 0.638. The molecule has 1 aromatic carbocycles. The van der Waals surface area contributed by atoms with Crippen molar-refractivity contribution < 1.29 is 4.79 Å². The SMILES string of the molecule is CC1CSCCN1C(=O)CC1CNc2ccccc21. The first-order chi connectivity index (χ1) is 9.25. The second-order valence-corrected chi connectivity index (χ2v) is 6.53. The van der Waals surface area contributed by atoms with Crippen LogP contribution in [0.25, 0.3) is 0 Å². The number of rotatable bonds is 2. The van der Waals surface area contributed by atoms with Gasteiger partial charge in [-0.05, 0) is 18.6 Å². The van der Waals surface area contributed by atoms with Crippen molar-refractivity contribution >= 4 is 23.4 Å². The van der Waals surface area contributed by atoms with Crippen molar-refractivity contribution in [1.29, 1.82) is 0 Å². The van der Waals surface area contributed by atoms with Crippen LogP contribution in [0.1, 0.15) is 24.8 Å². The minimum atomic E-state index is 0.316. The Bertz CT molecular complexity index is 477. The summed E-state index contributed by atoms with van der Waals surface area (Å²) in [6, 6.07) is 8.72. The molecule has 0 aromatic heterocycles. The summed E-state index contributed by atoms with van der Waals surface area (Å²) in [5, 5.41) is 3.39. The second-order valence-electron chi connectivity index (χ2n) is 5.38. The van der Waals surface area contributed by atoms with Crippen LogP contribution in [0.5, 0.6) is 0 Å². The third kappa shape index (κ3) is 2.59. The minimum absolute atomic E-state index is 0.316. The molecule has 2 atom stereocenters. The van der Waals surface area contributed by atoms with Gasteiger partial charge in [0.2, 0.25) is 5.91 Å². The van der Waals surface area contributed by atoms with Gasteiger partial charge in [0, 0.05) is 48.7 Å². The van der Waals surface area contributed by atoms with Crippen LogP contribution >= 0.6 is 11.8 Å². The van der Waals surface area contributed by atoms with Gasteiger partial charge in [0.1, 0.15) is 0 Å². The van der Waals surface area contributed by atoms with Gasteiger partial charge >= 0.3 is 0 Å². The van der Waals surface area contributed by atoms with Crippen molar-refractivity contribution in [2.75, 3.05) is 29.9 Å². The lowest BCUT2D eigenvalue weighted by Crippen LogP contribution is -2.44. The number of benzene rings is 1. The third-order valence-corrected chi connectivity index (χ3v) is 5.24. The first-order valence-electron chi connectivity index (χ1n) is 6.95. The van der Waals surface area contributed by atoms with Crippen molar-refractivity contribution in [1.82, 2.24) is 4.90 Å². The summed E-state index contributed by atoms with van der Waals surface area (Å²) >= 11 is 1.95. The lowest BCUT2D eigenvalue weighted by Gasteiger charge is -2.33. The number of amides is 1. The summed E-state index contributed by atoms with van der Waals surface area (Å²) in [6.45, 7) is 3.96. The van der Waals surface area contributed by atoms with Crippen molar-refractivity contribution in [3.63, 3.8) is 0 Å². The maximum Gasteiger partial charge on any atom is 0.223 e. The summed E-state index contributed by atoms with van der Waals surface area (Å²) in [5.74, 6) is 2.81. The van der Waals surface area contributed by atoms with Crippen LogP contribution in [-0.4, -0.2) is 41.4 Å². The van der Waals surface area contributed by atoms with E-state index in [0.29, 0.717) is 24.3 Å². The highest BCUT2D eigenvalue weighted by molar-refractivity contribution is 7.99. The number of thioether (sulfide) groups is 1. The highest BCUT2D eigenvalue weighted by atomic mass is 32.2. The zero-order valence-corrected chi connectivity index (χ0v) is 12.1. The second kappa shape index (κ2) is 5.45. The molecule has 0 saturated carbocycles. The topological polar surface area (TPSA) is 32.3 Å². The van der Waals surface area contributed by atoms with E-state index in [-0.39, 0.29) is 0 Å². The van der Waals surface area contributed by atoms with Crippen LogP contribution < -0.4 is 5.32 Å². The molecule has 102 valence electrons. The molecule has 2 aliphatic rings. The first kappa shape index (κ1) is 12.9. The molecule has 2 unspecified atom stereocenters. The Labute approximate surface area is 118 Å². The number of carbonyl (C=O) groups is 1. The van der Waals surface area contributed by atoms with E-state index in [4.69, 9.17) is 0 Å². The van der Waals surface area contributed by atoms with E-state index in [0.717, 1.165) is 24.6 Å². The van der Waals surface area contributed by atoms with E-state index in [1.807, 2.05) is 17.8 Å². The lowest BCUT2D eigenvalue weighted by molar-refractivity contribution is -0.133. The molecule has 1 saturated heterocycles. The van der Waals surface area contributed by atoms with Crippen LogP contribution in [-0.2, 0) is 4.79 Å². The van der Waals surface area contributed by atoms with E-state index in [2.05, 4.69) is 35.3 Å². The largest absolute Gasteiger partial charge is 0.384 e. The summed E-state index contributed by atoms with van der Waals surface area (Å²) < 4.78 is 0. The zero-order chi connectivity index (χ0) is 13.2. The molecule has 1 N–H and O–H groups in total. The predicted molar refractivity (Wildman–Crippen MR) is 80.8 cm³/mol. The summed E-state index contributed by atoms with van der Waals surface area (Å²) in [5.41, 5.74) is 2.50. The molecule has 1 amide bonds. The van der Waals surface area contributed by atoms with Crippen molar-refractivity contribution in [3.05, 3.63) is 29.8 Å². The van der Waals surface area contributed by atoms with Gasteiger partial charge < -0.3 is 10.2 Å². The normalized spacial score (nSPS) is 25.8. The fourth-order valence-electron chi connectivity index (χ4n) is 2.96. The molecule has 2 heterocycles. The van der Waals surface area contributed by atoms with Gasteiger partial charge in [-0.3, -0.25) is 4.79 Å². The molecule has 4 heteroatoms. The van der Waals surface area contributed by atoms with Crippen LogP contribution in [0.4, 0.5) is 5.69 Å². The fourth-order valence-corrected chi connectivity index (χ4v) is 3.98. The number of nitrogens with zero attached hydrogens (tertiary/aromatic N) is 1. The molecule has 0 bridgehead atoms. The Morgan fingerprint density at radius 3 is 3.16 bits per heavy atom. The number of anilines is 1. The average Bonchev–Trinajstić information content (AvgIpc) is 2.83. The Morgan fingerprint density at radius 1 is 1.47 bits per heavy atom. The van der Waals surface area contributed by atoms with E-state index < -0.39 is 0 Å². The van der Waals surface area contributed by atoms with E-state index in [1.54, 1.807) is 0 Å². The zero-order valence-electron chi connectivity index (χ0n) is 11.3. The number of carbonyl (C=O) groups excluding carboxylic acids is 1. The molecule has 1 aromatic rings. The van der Waals surface area contributed by atoms with Gasteiger partial charge in [-0.25, -0.2) is 0 Å². The van der Waals surface area contributed by atoms with Crippen molar-refractivity contribution in [2.45, 2.75) is 25.3 Å². The third-order valence-electron chi connectivity index (χ3n) is 4.05. The molecule has 0 spiro atoms. The molecular formula is C15H20N2OS. The Morgan fingerprint density at radius 2 is 2.32 bits per heavy atom. The van der Waals surface area contributed by atoms with Gasteiger partial charge in [0.15, 0.2) is 0 Å². The smallest absolute Gasteiger partial charge is 0.223 e. The van der Waals surface area contributed by atoms with Crippen LogP contribution in [0.2, 0.25) is 0 Å². The van der Waals surface area contributed by atoms with Crippen LogP contribution in [0.3, 0.4) is 0 Å². The van der Waals surface area contributed by atoms with Gasteiger partial charge in [0.25, 0.3) is 0 Å². The molecule has 0 radical (unpaired) electrons. The van der Waals surface area contributed by atoms with E-state index in [1.165, 1.54) is 11.3 Å². The monoisotopic (exact) mass is 276 g/mol. The summed E-state index contributed by atoms with van der Waals surface area (Å²) in [7, 11) is 0. The molecular weight excluding hydrogens is 256 g/mol. The standard InChI is InChI=1S/C15H20N2OS/c1-11-10-19-7-6-17(11)15(18)8-12-9-16-14-5-3-2-4-13(12)14/h2-5,11-12,16H,6-10H2,1H3. The van der Waals surface area contributed by atoms with Gasteiger partial charge in [-0.15, -0.1) is 0 Å². The van der Waals surface area contributed by atoms with Crippen LogP contribution in [0.15, 0.2) is 24.3 Å². The van der Waals surface area contributed by atoms with E-state index >= 15 is 0 Å². The molecule has 2 aliphatic heterocycles. The molecule has 0 aliphatic carbocycles. The van der Waals surface area contributed by atoms with E-state index in [9.17, 15) is 4.79 Å². The first-order valence-corrected chi connectivity index (χ1v) is 8.11. The maximum absolute atomic E-state index is 12.5. The van der Waals surface area contributed by atoms with Gasteiger partial charge in [-0.1, -0.05) is 18.2 Å². The highest BCUT2D eigenvalue weighted by Crippen LogP contribution is 2.34. The minimum Gasteiger partial charge on any atom is -0.384 e. The number of nitrogens with one attached hydrogen (secondary N) is 1. The van der Waals surface area contributed by atoms with Crippen molar-refractivity contribution in [3.8, 4) is 0 Å². The van der Waals surface area contributed by atoms with Crippen molar-refractivity contribution in [2.24, 2.45) is 0 Å². The highest BCUT2D eigenvalue weighted by Gasteiger charge is 2.29. The predicted octanol–water partition coefficient (Wildman–Crippen LogP) is 2.55. The lowest BCUT2D eigenvalue weighted by atomic mass is 9.97. The number of fused-ring (bicyclic) bond motifs is 1. The van der Waals surface area contributed by atoms with Gasteiger partial charge in [-0.2, -0.15) is 11.8 Å². The molecule has 19 heavy (non-hydrogen) atoms. The molecule has 3 rings (SSSR count). The number of hydrogen-bond acceptors (Lipinski definition) is 3. The fraction of sp³-hybridized carbons (Fsp3) is 0.533. The maximum atomic E-state index is 12.5. The van der Waals surface area contributed by atoms with Gasteiger partial charge in [0.05, 0.1) is 0 Å². The van der Waals surface area contributed by atoms with Crippen LogP contribution in [0, 0.1) is 0 Å². The molecule has 3 nitrogen and oxygen atoms in total. The average molecular weight is 276 g/mol. The Kier molecular flexibility index (Phi) is 3.69. The number of hydrogen-bond donors (Lipinski definition) is 1. The Balaban J connectivity index is 1.67. The quantitative estimate of drug-likeness (QED) is 0.901. The summed E-state index contributed by atoms with van der Waals surface area (Å²) in [4.78, 5) is 14.5. The molecule has 1 fully saturated rings. The number of para-hydroxylation sites is 1.